The van der Waals surface area contributed by atoms with Crippen LogP contribution in [0.3, 0.4) is 0 Å². The molecule has 0 saturated carbocycles. The first-order valence-electron chi connectivity index (χ1n) is 19.6. The molecule has 0 unspecified atom stereocenters. The van der Waals surface area contributed by atoms with Gasteiger partial charge in [0, 0.05) is 53.3 Å². The van der Waals surface area contributed by atoms with E-state index in [0.717, 1.165) is 72.1 Å². The molecule has 0 amide bonds. The molecule has 3 nitrogen and oxygen atoms in total. The maximum absolute atomic E-state index is 6.81. The van der Waals surface area contributed by atoms with Gasteiger partial charge in [0.15, 0.2) is 0 Å². The molecule has 58 heavy (non-hydrogen) atoms. The van der Waals surface area contributed by atoms with Gasteiger partial charge in [0.2, 0.25) is 0 Å². The maximum atomic E-state index is 6.81. The van der Waals surface area contributed by atoms with E-state index in [9.17, 15) is 0 Å². The van der Waals surface area contributed by atoms with E-state index in [1.54, 1.807) is 0 Å². The molecule has 0 radical (unpaired) electrons. The van der Waals surface area contributed by atoms with Gasteiger partial charge in [-0.1, -0.05) is 140 Å². The fourth-order valence-electron chi connectivity index (χ4n) is 8.83. The molecule has 0 fully saturated rings. The van der Waals surface area contributed by atoms with Gasteiger partial charge in [-0.25, -0.2) is 0 Å². The molecule has 0 bridgehead atoms. The number of para-hydroxylation sites is 2. The predicted octanol–water partition coefficient (Wildman–Crippen LogP) is 16.3. The zero-order valence-electron chi connectivity index (χ0n) is 31.2. The zero-order chi connectivity index (χ0) is 38.2. The molecule has 272 valence electrons. The molecule has 0 aliphatic carbocycles. The van der Waals surface area contributed by atoms with Gasteiger partial charge in [0.05, 0.1) is 11.1 Å². The molecule has 3 heterocycles. The number of hydrogen-bond acceptors (Lipinski definition) is 4. The van der Waals surface area contributed by atoms with Gasteiger partial charge in [-0.05, 0) is 88.5 Å². The Kier molecular flexibility index (Phi) is 7.40. The smallest absolute Gasteiger partial charge is 0.145 e. The van der Waals surface area contributed by atoms with Gasteiger partial charge in [0.25, 0.3) is 0 Å². The van der Waals surface area contributed by atoms with Gasteiger partial charge in [0.1, 0.15) is 22.3 Å². The first-order chi connectivity index (χ1) is 28.8. The minimum absolute atomic E-state index is 0.860. The molecule has 0 atom stereocenters. The number of nitrogens with zero attached hydrogens (tertiary/aromatic N) is 1. The summed E-state index contributed by atoms with van der Waals surface area (Å²) in [6.07, 6.45) is 0. The van der Waals surface area contributed by atoms with E-state index in [1.807, 2.05) is 29.5 Å². The highest BCUT2D eigenvalue weighted by Crippen LogP contribution is 2.50. The van der Waals surface area contributed by atoms with Crippen LogP contribution < -0.4 is 4.90 Å². The first kappa shape index (κ1) is 32.8. The summed E-state index contributed by atoms with van der Waals surface area (Å²) in [5.41, 5.74) is 13.7. The standard InChI is InChI=1S/C54H33NO2S/c1-4-14-34(15-5-1)39-26-27-41(36-18-8-3-9-19-36)54-51(39)45-33-38(25-31-50(45)58-54)55(37-24-30-49-44(32-37)42-20-10-12-22-47(42)56-49)46-29-28-40(35-16-6-2-7-17-35)53-52(46)43-21-11-13-23-48(43)57-53/h1-33H. The van der Waals surface area contributed by atoms with Crippen molar-refractivity contribution in [2.24, 2.45) is 0 Å². The van der Waals surface area contributed by atoms with E-state index >= 15 is 0 Å². The van der Waals surface area contributed by atoms with Crippen LogP contribution in [0.25, 0.3) is 97.4 Å². The Morgan fingerprint density at radius 1 is 0.362 bits per heavy atom. The Bertz CT molecular complexity index is 3510. The van der Waals surface area contributed by atoms with Crippen molar-refractivity contribution >= 4 is 92.4 Å². The number of rotatable bonds is 6. The average molecular weight is 760 g/mol. The maximum Gasteiger partial charge on any atom is 0.145 e. The van der Waals surface area contributed by atoms with Crippen LogP contribution in [0.2, 0.25) is 0 Å². The third-order valence-corrected chi connectivity index (χ3v) is 12.7. The lowest BCUT2D eigenvalue weighted by molar-refractivity contribution is 0.669. The summed E-state index contributed by atoms with van der Waals surface area (Å²) < 4.78 is 15.7. The summed E-state index contributed by atoms with van der Waals surface area (Å²) in [5.74, 6) is 0. The Balaban J connectivity index is 1.17. The Morgan fingerprint density at radius 2 is 0.897 bits per heavy atom. The lowest BCUT2D eigenvalue weighted by Crippen LogP contribution is -2.10. The van der Waals surface area contributed by atoms with Crippen molar-refractivity contribution in [1.29, 1.82) is 0 Å². The molecule has 12 rings (SSSR count). The molecular weight excluding hydrogens is 727 g/mol. The summed E-state index contributed by atoms with van der Waals surface area (Å²) in [4.78, 5) is 2.41. The van der Waals surface area contributed by atoms with Gasteiger partial charge in [-0.15, -0.1) is 11.3 Å². The molecule has 12 aromatic rings. The fraction of sp³-hybridized carbons (Fsp3) is 0. The van der Waals surface area contributed by atoms with Crippen molar-refractivity contribution < 1.29 is 8.83 Å². The second-order valence-corrected chi connectivity index (χ2v) is 15.8. The molecule has 0 spiro atoms. The van der Waals surface area contributed by atoms with Crippen molar-refractivity contribution in [3.05, 3.63) is 200 Å². The Morgan fingerprint density at radius 3 is 1.62 bits per heavy atom. The molecule has 3 aromatic heterocycles. The van der Waals surface area contributed by atoms with Crippen LogP contribution in [-0.4, -0.2) is 0 Å². The third-order valence-electron chi connectivity index (χ3n) is 11.5. The molecular formula is C54H33NO2S. The Labute approximate surface area is 338 Å². The van der Waals surface area contributed by atoms with E-state index in [2.05, 4.69) is 187 Å². The summed E-state index contributed by atoms with van der Waals surface area (Å²) in [5, 5.41) is 6.81. The fourth-order valence-corrected chi connectivity index (χ4v) is 10.1. The summed E-state index contributed by atoms with van der Waals surface area (Å²) in [6, 6.07) is 71.4. The lowest BCUT2D eigenvalue weighted by atomic mass is 9.94. The van der Waals surface area contributed by atoms with Gasteiger partial charge < -0.3 is 13.7 Å². The normalized spacial score (nSPS) is 11.8. The number of fused-ring (bicyclic) bond motifs is 9. The van der Waals surface area contributed by atoms with Crippen LogP contribution in [0, 0.1) is 0 Å². The molecule has 0 aliphatic rings. The topological polar surface area (TPSA) is 29.5 Å². The van der Waals surface area contributed by atoms with E-state index in [-0.39, 0.29) is 0 Å². The summed E-state index contributed by atoms with van der Waals surface area (Å²) in [7, 11) is 0. The minimum atomic E-state index is 0.860. The van der Waals surface area contributed by atoms with Gasteiger partial charge in [-0.2, -0.15) is 0 Å². The minimum Gasteiger partial charge on any atom is -0.456 e. The Hall–Kier alpha value is -7.40. The van der Waals surface area contributed by atoms with Crippen LogP contribution in [0.4, 0.5) is 17.1 Å². The summed E-state index contributed by atoms with van der Waals surface area (Å²) >= 11 is 1.87. The second-order valence-electron chi connectivity index (χ2n) is 14.8. The average Bonchev–Trinajstić information content (AvgIpc) is 3.99. The van der Waals surface area contributed by atoms with Crippen molar-refractivity contribution in [1.82, 2.24) is 0 Å². The lowest BCUT2D eigenvalue weighted by Gasteiger charge is -2.27. The van der Waals surface area contributed by atoms with Crippen molar-refractivity contribution in [2.75, 3.05) is 4.90 Å². The van der Waals surface area contributed by atoms with Crippen LogP contribution >= 0.6 is 11.3 Å². The van der Waals surface area contributed by atoms with Crippen molar-refractivity contribution in [2.45, 2.75) is 0 Å². The number of benzene rings is 9. The van der Waals surface area contributed by atoms with Crippen LogP contribution in [0.1, 0.15) is 0 Å². The summed E-state index contributed by atoms with van der Waals surface area (Å²) in [6.45, 7) is 0. The van der Waals surface area contributed by atoms with Crippen molar-refractivity contribution in [3.8, 4) is 33.4 Å². The number of furan rings is 2. The van der Waals surface area contributed by atoms with Gasteiger partial charge >= 0.3 is 0 Å². The largest absolute Gasteiger partial charge is 0.456 e. The van der Waals surface area contributed by atoms with Crippen LogP contribution in [-0.2, 0) is 0 Å². The highest BCUT2D eigenvalue weighted by molar-refractivity contribution is 7.26. The highest BCUT2D eigenvalue weighted by atomic mass is 32.1. The quantitative estimate of drug-likeness (QED) is 0.169. The first-order valence-corrected chi connectivity index (χ1v) is 20.4. The highest BCUT2D eigenvalue weighted by Gasteiger charge is 2.24. The SMILES string of the molecule is c1ccc(-c2ccc(N(c3ccc4oc5ccccc5c4c3)c3ccc4sc5c(-c6ccccc6)ccc(-c6ccccc6)c5c4c3)c3c2oc2ccccc23)cc1. The molecule has 0 N–H and O–H groups in total. The predicted molar refractivity (Wildman–Crippen MR) is 245 cm³/mol. The van der Waals surface area contributed by atoms with Crippen LogP contribution in [0.15, 0.2) is 209 Å². The molecule has 4 heteroatoms. The monoisotopic (exact) mass is 759 g/mol. The zero-order valence-corrected chi connectivity index (χ0v) is 32.0. The molecule has 9 aromatic carbocycles. The number of thiophene rings is 1. The molecule has 0 saturated heterocycles. The van der Waals surface area contributed by atoms with Gasteiger partial charge in [-0.3, -0.25) is 0 Å². The van der Waals surface area contributed by atoms with E-state index in [0.29, 0.717) is 0 Å². The number of anilines is 3. The van der Waals surface area contributed by atoms with E-state index in [1.165, 1.54) is 42.4 Å². The third kappa shape index (κ3) is 5.12. The van der Waals surface area contributed by atoms with E-state index < -0.39 is 0 Å². The number of hydrogen-bond donors (Lipinski definition) is 0. The van der Waals surface area contributed by atoms with Crippen LogP contribution in [0.5, 0.6) is 0 Å². The van der Waals surface area contributed by atoms with Crippen molar-refractivity contribution in [3.63, 3.8) is 0 Å². The van der Waals surface area contributed by atoms with E-state index in [4.69, 9.17) is 8.83 Å². The molecule has 0 aliphatic heterocycles. The second kappa shape index (κ2) is 13.1.